The summed E-state index contributed by atoms with van der Waals surface area (Å²) in [4.78, 5) is 15.6. The number of fused-ring (bicyclic) bond motifs is 1. The topological polar surface area (TPSA) is 115 Å². The Morgan fingerprint density at radius 2 is 1.60 bits per heavy atom. The van der Waals surface area contributed by atoms with Crippen LogP contribution in [0.3, 0.4) is 0 Å². The normalized spacial score (nSPS) is 12.6. The molecule has 0 aliphatic carbocycles. The summed E-state index contributed by atoms with van der Waals surface area (Å²) in [5.74, 6) is -2.54. The number of aryl methyl sites for hydroxylation is 1. The van der Waals surface area contributed by atoms with Gasteiger partial charge in [0.05, 0.1) is 17.0 Å². The van der Waals surface area contributed by atoms with Crippen molar-refractivity contribution in [2.45, 2.75) is 42.9 Å². The molecule has 45 heavy (non-hydrogen) atoms. The fourth-order valence-corrected chi connectivity index (χ4v) is 7.97. The lowest BCUT2D eigenvalue weighted by Crippen LogP contribution is -2.31. The Hall–Kier alpha value is -4.33. The molecule has 5 rings (SSSR count). The van der Waals surface area contributed by atoms with Crippen LogP contribution in [-0.4, -0.2) is 37.7 Å². The number of pyridine rings is 1. The highest BCUT2D eigenvalue weighted by Crippen LogP contribution is 2.33. The Labute approximate surface area is 258 Å². The highest BCUT2D eigenvalue weighted by molar-refractivity contribution is 7.92. The first-order valence-electron chi connectivity index (χ1n) is 13.6. The number of sulfonamides is 1. The number of Topliss-reactive ketones (excluding diaryl/α,β-unsaturated/α-hetero) is 1. The number of carbonyl (C=O) groups is 1. The second kappa shape index (κ2) is 12.2. The number of hydrogen-bond acceptors (Lipinski definition) is 7. The minimum Gasteiger partial charge on any atom is -0.455 e. The van der Waals surface area contributed by atoms with Gasteiger partial charge in [0.25, 0.3) is 0 Å². The molecule has 0 spiro atoms. The third-order valence-electron chi connectivity index (χ3n) is 7.03. The highest BCUT2D eigenvalue weighted by atomic mass is 32.2. The molecule has 0 aliphatic heterocycles. The molecule has 2 heterocycles. The van der Waals surface area contributed by atoms with Gasteiger partial charge in [-0.1, -0.05) is 54.6 Å². The molecule has 0 radical (unpaired) electrons. The molecule has 0 amide bonds. The molecule has 0 fully saturated rings. The first-order valence-corrected chi connectivity index (χ1v) is 16.7. The predicted molar refractivity (Wildman–Crippen MR) is 161 cm³/mol. The van der Waals surface area contributed by atoms with Gasteiger partial charge in [-0.05, 0) is 66.4 Å². The molecule has 0 saturated carbocycles. The quantitative estimate of drug-likeness (QED) is 0.167. The summed E-state index contributed by atoms with van der Waals surface area (Å²) in [5, 5.41) is 0.580. The summed E-state index contributed by atoms with van der Waals surface area (Å²) in [5.41, 5.74) is 2.34. The number of halogens is 3. The van der Waals surface area contributed by atoms with E-state index in [1.807, 2.05) is 0 Å². The van der Waals surface area contributed by atoms with Crippen LogP contribution in [0.2, 0.25) is 0 Å². The van der Waals surface area contributed by atoms with Gasteiger partial charge in [0.15, 0.2) is 9.84 Å². The third-order valence-corrected chi connectivity index (χ3v) is 10.8. The van der Waals surface area contributed by atoms with Crippen molar-refractivity contribution < 1.29 is 39.2 Å². The minimum atomic E-state index is -4.74. The van der Waals surface area contributed by atoms with Crippen molar-refractivity contribution in [1.29, 1.82) is 0 Å². The van der Waals surface area contributed by atoms with Crippen LogP contribution in [0.4, 0.5) is 13.2 Å². The third kappa shape index (κ3) is 7.00. The summed E-state index contributed by atoms with van der Waals surface area (Å²) >= 11 is 0. The molecule has 0 bridgehead atoms. The number of alkyl halides is 3. The van der Waals surface area contributed by atoms with Crippen molar-refractivity contribution in [3.8, 4) is 11.1 Å². The van der Waals surface area contributed by atoms with E-state index in [0.29, 0.717) is 27.6 Å². The van der Waals surface area contributed by atoms with Crippen LogP contribution in [0.1, 0.15) is 29.6 Å². The van der Waals surface area contributed by atoms with Gasteiger partial charge in [-0.3, -0.25) is 9.78 Å². The lowest BCUT2D eigenvalue weighted by molar-refractivity contribution is -0.153. The zero-order valence-electron chi connectivity index (χ0n) is 24.1. The van der Waals surface area contributed by atoms with E-state index < -0.39 is 49.9 Å². The molecule has 8 nitrogen and oxygen atoms in total. The Morgan fingerprint density at radius 1 is 0.867 bits per heavy atom. The second-order valence-corrected chi connectivity index (χ2v) is 14.4. The van der Waals surface area contributed by atoms with Gasteiger partial charge in [-0.25, -0.2) is 16.8 Å². The van der Waals surface area contributed by atoms with E-state index in [9.17, 15) is 34.8 Å². The lowest BCUT2D eigenvalue weighted by atomic mass is 10.0. The van der Waals surface area contributed by atoms with Crippen molar-refractivity contribution in [3.63, 3.8) is 0 Å². The number of hydrogen-bond donors (Lipinski definition) is 0. The summed E-state index contributed by atoms with van der Waals surface area (Å²) in [7, 11) is -8.16. The number of furan rings is 1. The van der Waals surface area contributed by atoms with E-state index in [1.165, 1.54) is 25.3 Å². The average molecular weight is 657 g/mol. The van der Waals surface area contributed by atoms with Gasteiger partial charge in [0.2, 0.25) is 15.8 Å². The van der Waals surface area contributed by atoms with E-state index in [4.69, 9.17) is 4.42 Å². The largest absolute Gasteiger partial charge is 0.455 e. The number of sulfone groups is 1. The van der Waals surface area contributed by atoms with Crippen LogP contribution < -0.4 is 0 Å². The first kappa shape index (κ1) is 32.1. The fourth-order valence-electron chi connectivity index (χ4n) is 4.92. The average Bonchev–Trinajstić information content (AvgIpc) is 3.46. The van der Waals surface area contributed by atoms with E-state index in [1.54, 1.807) is 67.6 Å². The van der Waals surface area contributed by atoms with E-state index >= 15 is 0 Å². The summed E-state index contributed by atoms with van der Waals surface area (Å²) in [6.07, 6.45) is -3.27. The van der Waals surface area contributed by atoms with E-state index in [2.05, 4.69) is 4.98 Å². The molecule has 3 aromatic carbocycles. The smallest absolute Gasteiger partial charge is 0.449 e. The molecule has 5 aromatic rings. The van der Waals surface area contributed by atoms with Crippen molar-refractivity contribution in [2.75, 3.05) is 5.75 Å². The SMILES string of the molecule is CC(=O)CS(=O)(=O)c1cccc(-c2ccc(CN(Cc3ccc(C(F)(F)F)o3)S(=O)(=O)c3c(C)ccc4cccnc34)cc2)c1. The molecule has 0 aliphatic rings. The van der Waals surface area contributed by atoms with E-state index in [0.717, 1.165) is 16.4 Å². The molecule has 0 unspecified atom stereocenters. The number of benzene rings is 3. The zero-order chi connectivity index (χ0) is 32.6. The molecular formula is C32H27F3N2O6S2. The fraction of sp³-hybridized carbons (Fsp3) is 0.188. The van der Waals surface area contributed by atoms with Gasteiger partial charge in [-0.2, -0.15) is 17.5 Å². The molecule has 234 valence electrons. The Balaban J connectivity index is 1.51. The van der Waals surface area contributed by atoms with Gasteiger partial charge in [0, 0.05) is 18.1 Å². The van der Waals surface area contributed by atoms with Crippen molar-refractivity contribution in [1.82, 2.24) is 9.29 Å². The Bertz CT molecular complexity index is 2110. The molecule has 0 N–H and O–H groups in total. The molecule has 0 atom stereocenters. The van der Waals surface area contributed by atoms with Crippen molar-refractivity contribution >= 4 is 36.5 Å². The monoisotopic (exact) mass is 656 g/mol. The van der Waals surface area contributed by atoms with Gasteiger partial charge >= 0.3 is 6.18 Å². The first-order chi connectivity index (χ1) is 21.1. The standard InChI is InChI=1S/C32H27F3N2O6S2/c1-21-8-11-25-6-4-16-36-30(25)31(21)45(41,42)37(19-27-14-15-29(43-27)32(33,34)35)18-23-9-12-24(13-10-23)26-5-3-7-28(17-26)44(39,40)20-22(2)38/h3-17H,18-20H2,1-2H3. The maximum absolute atomic E-state index is 14.2. The van der Waals surface area contributed by atoms with Crippen LogP contribution in [0, 0.1) is 6.92 Å². The van der Waals surface area contributed by atoms with Crippen LogP contribution in [0.5, 0.6) is 0 Å². The number of carbonyl (C=O) groups excluding carboxylic acids is 1. The minimum absolute atomic E-state index is 0.00714. The molecule has 13 heteroatoms. The summed E-state index contributed by atoms with van der Waals surface area (Å²) in [6, 6.07) is 21.4. The van der Waals surface area contributed by atoms with Gasteiger partial charge in [-0.15, -0.1) is 0 Å². The summed E-state index contributed by atoms with van der Waals surface area (Å²) < 4.78 is 99.3. The van der Waals surface area contributed by atoms with Gasteiger partial charge < -0.3 is 4.42 Å². The van der Waals surface area contributed by atoms with E-state index in [-0.39, 0.29) is 27.6 Å². The number of rotatable bonds is 10. The maximum Gasteiger partial charge on any atom is 0.449 e. The molecule has 2 aromatic heterocycles. The number of ketones is 1. The van der Waals surface area contributed by atoms with Crippen molar-refractivity contribution in [3.05, 3.63) is 114 Å². The number of nitrogens with zero attached hydrogens (tertiary/aromatic N) is 2. The lowest BCUT2D eigenvalue weighted by Gasteiger charge is -2.23. The van der Waals surface area contributed by atoms with Crippen LogP contribution >= 0.6 is 0 Å². The molecule has 0 saturated heterocycles. The summed E-state index contributed by atoms with van der Waals surface area (Å²) in [6.45, 7) is 2.11. The zero-order valence-corrected chi connectivity index (χ0v) is 25.7. The highest BCUT2D eigenvalue weighted by Gasteiger charge is 2.36. The second-order valence-electron chi connectivity index (χ2n) is 10.5. The Kier molecular flexibility index (Phi) is 8.71. The molecular weight excluding hydrogens is 629 g/mol. The maximum atomic E-state index is 14.2. The van der Waals surface area contributed by atoms with Gasteiger partial charge in [0.1, 0.15) is 22.2 Å². The van der Waals surface area contributed by atoms with Crippen molar-refractivity contribution in [2.24, 2.45) is 0 Å². The van der Waals surface area contributed by atoms with Crippen LogP contribution in [0.15, 0.2) is 105 Å². The predicted octanol–water partition coefficient (Wildman–Crippen LogP) is 6.58. The number of aromatic nitrogens is 1. The van der Waals surface area contributed by atoms with Crippen LogP contribution in [0.25, 0.3) is 22.0 Å². The Morgan fingerprint density at radius 3 is 2.27 bits per heavy atom. The van der Waals surface area contributed by atoms with Crippen LogP contribution in [-0.2, 0) is 43.9 Å².